The number of para-hydroxylation sites is 1. The minimum absolute atomic E-state index is 0.0897. The number of benzene rings is 2. The predicted octanol–water partition coefficient (Wildman–Crippen LogP) is 3.50. The van der Waals surface area contributed by atoms with E-state index in [0.29, 0.717) is 12.2 Å². The van der Waals surface area contributed by atoms with Crippen LogP contribution in [0.1, 0.15) is 18.5 Å². The van der Waals surface area contributed by atoms with Crippen LogP contribution in [-0.4, -0.2) is 12.6 Å². The summed E-state index contributed by atoms with van der Waals surface area (Å²) in [6, 6.07) is 18.6. The third-order valence-corrected chi connectivity index (χ3v) is 3.19. The van der Waals surface area contributed by atoms with Gasteiger partial charge in [0.05, 0.1) is 12.6 Å². The second kappa shape index (κ2) is 7.81. The molecule has 0 aromatic heterocycles. The second-order valence-corrected chi connectivity index (χ2v) is 4.83. The Hall–Kier alpha value is -2.84. The number of hydrogen-bond donors (Lipinski definition) is 3. The lowest BCUT2D eigenvalue weighted by Crippen LogP contribution is -2.20. The van der Waals surface area contributed by atoms with Gasteiger partial charge in [0.25, 0.3) is 0 Å². The van der Waals surface area contributed by atoms with E-state index in [1.807, 2.05) is 61.5 Å². The van der Waals surface area contributed by atoms with Gasteiger partial charge in [0.15, 0.2) is 0 Å². The van der Waals surface area contributed by atoms with Crippen LogP contribution in [-0.2, 0) is 0 Å². The maximum Gasteiger partial charge on any atom is 0.323 e. The Morgan fingerprint density at radius 2 is 1.64 bits per heavy atom. The summed E-state index contributed by atoms with van der Waals surface area (Å²) in [6.45, 7) is 2.29. The zero-order valence-electron chi connectivity index (χ0n) is 12.3. The van der Waals surface area contributed by atoms with Crippen molar-refractivity contribution in [2.45, 2.75) is 13.0 Å². The zero-order valence-corrected chi connectivity index (χ0v) is 12.3. The summed E-state index contributed by atoms with van der Waals surface area (Å²) < 4.78 is 0. The van der Waals surface area contributed by atoms with Crippen LogP contribution in [0.15, 0.2) is 54.6 Å². The number of carbonyl (C=O) groups excluding carboxylic acids is 1. The van der Waals surface area contributed by atoms with Crippen LogP contribution in [0, 0.1) is 11.3 Å². The number of anilines is 2. The molecular formula is C17H18N4O. The van der Waals surface area contributed by atoms with Crippen LogP contribution in [0.2, 0.25) is 0 Å². The van der Waals surface area contributed by atoms with Gasteiger partial charge in [-0.15, -0.1) is 0 Å². The SMILES string of the molecule is C[C@@H](NCC#N)c1ccc(NC(=O)Nc2ccccc2)cc1. The Morgan fingerprint density at radius 1 is 1.05 bits per heavy atom. The van der Waals surface area contributed by atoms with E-state index in [-0.39, 0.29) is 12.1 Å². The van der Waals surface area contributed by atoms with E-state index < -0.39 is 0 Å². The van der Waals surface area contributed by atoms with Crippen molar-refractivity contribution in [3.8, 4) is 6.07 Å². The highest BCUT2D eigenvalue weighted by molar-refractivity contribution is 5.99. The summed E-state index contributed by atoms with van der Waals surface area (Å²) >= 11 is 0. The number of carbonyl (C=O) groups is 1. The first-order chi connectivity index (χ1) is 10.7. The molecule has 0 spiro atoms. The van der Waals surface area contributed by atoms with Gasteiger partial charge in [-0.25, -0.2) is 4.79 Å². The molecule has 112 valence electrons. The van der Waals surface area contributed by atoms with Crippen LogP contribution >= 0.6 is 0 Å². The monoisotopic (exact) mass is 294 g/mol. The second-order valence-electron chi connectivity index (χ2n) is 4.83. The fraction of sp³-hybridized carbons (Fsp3) is 0.176. The molecule has 0 aliphatic carbocycles. The van der Waals surface area contributed by atoms with E-state index in [2.05, 4.69) is 22.0 Å². The van der Waals surface area contributed by atoms with Crippen LogP contribution in [0.4, 0.5) is 16.2 Å². The molecule has 0 heterocycles. The van der Waals surface area contributed by atoms with Gasteiger partial charge >= 0.3 is 6.03 Å². The molecule has 0 aliphatic heterocycles. The van der Waals surface area contributed by atoms with Gasteiger partial charge in [-0.2, -0.15) is 5.26 Å². The van der Waals surface area contributed by atoms with E-state index in [1.165, 1.54) is 0 Å². The Morgan fingerprint density at radius 3 is 2.23 bits per heavy atom. The normalized spacial score (nSPS) is 11.3. The molecule has 2 aromatic rings. The molecule has 0 saturated carbocycles. The highest BCUT2D eigenvalue weighted by atomic mass is 16.2. The summed E-state index contributed by atoms with van der Waals surface area (Å²) in [4.78, 5) is 11.9. The van der Waals surface area contributed by atoms with E-state index >= 15 is 0 Å². The Bertz CT molecular complexity index is 647. The lowest BCUT2D eigenvalue weighted by Gasteiger charge is -2.13. The lowest BCUT2D eigenvalue weighted by atomic mass is 10.1. The maximum atomic E-state index is 11.9. The van der Waals surface area contributed by atoms with Crippen molar-refractivity contribution >= 4 is 17.4 Å². The molecule has 2 amide bonds. The number of hydrogen-bond acceptors (Lipinski definition) is 3. The van der Waals surface area contributed by atoms with Crippen LogP contribution in [0.3, 0.4) is 0 Å². The number of rotatable bonds is 5. The van der Waals surface area contributed by atoms with Crippen molar-refractivity contribution < 1.29 is 4.79 Å². The topological polar surface area (TPSA) is 77.0 Å². The van der Waals surface area contributed by atoms with Crippen molar-refractivity contribution in [1.82, 2.24) is 5.32 Å². The molecule has 2 aromatic carbocycles. The highest BCUT2D eigenvalue weighted by Gasteiger charge is 2.06. The van der Waals surface area contributed by atoms with Crippen molar-refractivity contribution in [1.29, 1.82) is 5.26 Å². The molecule has 3 N–H and O–H groups in total. The van der Waals surface area contributed by atoms with Gasteiger partial charge in [-0.1, -0.05) is 30.3 Å². The van der Waals surface area contributed by atoms with Crippen molar-refractivity contribution in [2.24, 2.45) is 0 Å². The van der Waals surface area contributed by atoms with E-state index in [4.69, 9.17) is 5.26 Å². The van der Waals surface area contributed by atoms with Crippen molar-refractivity contribution in [3.63, 3.8) is 0 Å². The first kappa shape index (κ1) is 15.5. The molecule has 0 fully saturated rings. The van der Waals surface area contributed by atoms with E-state index in [1.54, 1.807) is 0 Å². The average molecular weight is 294 g/mol. The molecule has 5 nitrogen and oxygen atoms in total. The largest absolute Gasteiger partial charge is 0.323 e. The highest BCUT2D eigenvalue weighted by Crippen LogP contribution is 2.16. The van der Waals surface area contributed by atoms with E-state index in [9.17, 15) is 4.79 Å². The number of nitriles is 1. The third kappa shape index (κ3) is 4.62. The molecule has 0 unspecified atom stereocenters. The van der Waals surface area contributed by atoms with Crippen LogP contribution in [0.5, 0.6) is 0 Å². The van der Waals surface area contributed by atoms with Gasteiger partial charge in [0.2, 0.25) is 0 Å². The molecule has 0 radical (unpaired) electrons. The Labute approximate surface area is 130 Å². The van der Waals surface area contributed by atoms with E-state index in [0.717, 1.165) is 11.3 Å². The summed E-state index contributed by atoms with van der Waals surface area (Å²) in [7, 11) is 0. The quantitative estimate of drug-likeness (QED) is 0.739. The predicted molar refractivity (Wildman–Crippen MR) is 87.6 cm³/mol. The Balaban J connectivity index is 1.91. The van der Waals surface area contributed by atoms with Gasteiger partial charge in [0, 0.05) is 17.4 Å². The maximum absolute atomic E-state index is 11.9. The average Bonchev–Trinajstić information content (AvgIpc) is 2.54. The van der Waals surface area contributed by atoms with Gasteiger partial charge in [0.1, 0.15) is 0 Å². The molecule has 5 heteroatoms. The lowest BCUT2D eigenvalue weighted by molar-refractivity contribution is 0.262. The summed E-state index contributed by atoms with van der Waals surface area (Å²) in [5, 5.41) is 17.2. The van der Waals surface area contributed by atoms with Crippen molar-refractivity contribution in [2.75, 3.05) is 17.2 Å². The fourth-order valence-electron chi connectivity index (χ4n) is 1.99. The van der Waals surface area contributed by atoms with Gasteiger partial charge in [-0.3, -0.25) is 5.32 Å². The first-order valence-electron chi connectivity index (χ1n) is 7.02. The fourth-order valence-corrected chi connectivity index (χ4v) is 1.99. The molecule has 2 rings (SSSR count). The summed E-state index contributed by atoms with van der Waals surface area (Å²) in [6.07, 6.45) is 0. The molecule has 0 bridgehead atoms. The number of nitrogens with one attached hydrogen (secondary N) is 3. The third-order valence-electron chi connectivity index (χ3n) is 3.19. The summed E-state index contributed by atoms with van der Waals surface area (Å²) in [5.41, 5.74) is 2.51. The number of urea groups is 1. The van der Waals surface area contributed by atoms with Gasteiger partial charge in [-0.05, 0) is 36.8 Å². The summed E-state index contributed by atoms with van der Waals surface area (Å²) in [5.74, 6) is 0. The van der Waals surface area contributed by atoms with Crippen LogP contribution < -0.4 is 16.0 Å². The number of nitrogens with zero attached hydrogens (tertiary/aromatic N) is 1. The first-order valence-corrected chi connectivity index (χ1v) is 7.02. The molecule has 22 heavy (non-hydrogen) atoms. The molecular weight excluding hydrogens is 276 g/mol. The smallest absolute Gasteiger partial charge is 0.308 e. The minimum Gasteiger partial charge on any atom is -0.308 e. The Kier molecular flexibility index (Phi) is 5.52. The molecule has 1 atom stereocenters. The van der Waals surface area contributed by atoms with Crippen LogP contribution in [0.25, 0.3) is 0 Å². The number of amides is 2. The van der Waals surface area contributed by atoms with Gasteiger partial charge < -0.3 is 10.6 Å². The zero-order chi connectivity index (χ0) is 15.8. The molecule has 0 saturated heterocycles. The van der Waals surface area contributed by atoms with Crippen molar-refractivity contribution in [3.05, 3.63) is 60.2 Å². The standard InChI is InChI=1S/C17H18N4O/c1-13(19-12-11-18)14-7-9-16(10-8-14)21-17(22)20-15-5-3-2-4-6-15/h2-10,13,19H,12H2,1H3,(H2,20,21,22)/t13-/m1/s1. The minimum atomic E-state index is -0.283. The molecule has 0 aliphatic rings.